The van der Waals surface area contributed by atoms with Crippen LogP contribution in [0.1, 0.15) is 181 Å². The quantitative estimate of drug-likeness (QED) is 0.0869. The number of carboxylic acid groups (broad SMARTS) is 1. The fourth-order valence-electron chi connectivity index (χ4n) is 11.1. The number of carbonyl (C=O) groups is 11. The van der Waals surface area contributed by atoms with E-state index in [4.69, 9.17) is 57.2 Å². The van der Waals surface area contributed by atoms with Gasteiger partial charge in [-0.1, -0.05) is 50.3 Å². The van der Waals surface area contributed by atoms with E-state index in [9.17, 15) is 92.3 Å². The third-order valence-electron chi connectivity index (χ3n) is 16.2. The summed E-state index contributed by atoms with van der Waals surface area (Å²) in [5, 5.41) is 8.51. The molecule has 1 spiro atoms. The Kier molecular flexibility index (Phi) is 33.4. The zero-order chi connectivity index (χ0) is 69.5. The van der Waals surface area contributed by atoms with Gasteiger partial charge in [0.05, 0.1) is 30.3 Å². The highest BCUT2D eigenvalue weighted by molar-refractivity contribution is 5.91. The number of carboxylic acids is 1. The minimum atomic E-state index is -5.71. The smallest absolute Gasteiger partial charge is 0.434 e. The Bertz CT molecular complexity index is 2790. The molecule has 0 aromatic rings. The molecule has 6 heterocycles. The number of halogens is 9. The maximum atomic E-state index is 12.6. The minimum Gasteiger partial charge on any atom is -0.481 e. The molecule has 1 N–H and O–H groups in total. The summed E-state index contributed by atoms with van der Waals surface area (Å²) >= 11 is 0. The topological polar surface area (TPSA) is 328 Å². The molecule has 0 radical (unpaired) electrons. The van der Waals surface area contributed by atoms with Crippen LogP contribution in [0.15, 0.2) is 24.3 Å². The predicted octanol–water partition coefficient (Wildman–Crippen LogP) is 10.3. The number of fused-ring (bicyclic) bond motifs is 6. The van der Waals surface area contributed by atoms with Gasteiger partial charge >= 0.3 is 66.3 Å². The number of Topliss-reactive ketones (excluding diaryl/α,β-unsaturated/α-hetero) is 3. The van der Waals surface area contributed by atoms with Gasteiger partial charge in [0.2, 0.25) is 12.2 Å². The van der Waals surface area contributed by atoms with Crippen LogP contribution < -0.4 is 0 Å². The van der Waals surface area contributed by atoms with Crippen molar-refractivity contribution in [3.8, 4) is 0 Å². The van der Waals surface area contributed by atoms with Gasteiger partial charge in [-0.2, -0.15) is 39.5 Å². The number of hydrogen-bond acceptors (Lipinski definition) is 24. The van der Waals surface area contributed by atoms with Crippen molar-refractivity contribution in [2.45, 2.75) is 285 Å². The van der Waals surface area contributed by atoms with Crippen molar-refractivity contribution in [1.29, 1.82) is 0 Å². The van der Waals surface area contributed by atoms with Gasteiger partial charge in [-0.25, -0.2) is 19.2 Å². The Morgan fingerprint density at radius 2 is 0.867 bits per heavy atom. The molecule has 0 amide bonds. The van der Waals surface area contributed by atoms with Gasteiger partial charge in [-0.15, -0.1) is 0 Å². The lowest BCUT2D eigenvalue weighted by atomic mass is 9.85. The molecule has 562 valence electrons. The normalized spacial score (nSPS) is 29.3. The molecule has 4 aliphatic carbocycles. The van der Waals surface area contributed by atoms with Gasteiger partial charge in [0.15, 0.2) is 54.7 Å². The van der Waals surface area contributed by atoms with Gasteiger partial charge in [0.25, 0.3) is 6.10 Å². The van der Waals surface area contributed by atoms with Crippen molar-refractivity contribution in [1.82, 2.24) is 0 Å². The molecule has 34 heteroatoms. The molecule has 1 unspecified atom stereocenters. The molecule has 4 saturated carbocycles. The van der Waals surface area contributed by atoms with Crippen molar-refractivity contribution >= 4 is 65.1 Å². The van der Waals surface area contributed by atoms with E-state index in [1.807, 2.05) is 0 Å². The predicted molar refractivity (Wildman–Crippen MR) is 320 cm³/mol. The number of carbonyl (C=O) groups excluding carboxylic acids is 10. The first kappa shape index (κ1) is 89.4. The highest BCUT2D eigenvalue weighted by Crippen LogP contribution is 2.50. The molecule has 10 fully saturated rings. The molecule has 0 aromatic heterocycles. The first-order valence-electron chi connectivity index (χ1n) is 29.9. The van der Waals surface area contributed by atoms with E-state index in [0.29, 0.717) is 58.0 Å². The summed E-state index contributed by atoms with van der Waals surface area (Å²) in [4.78, 5) is 124. The van der Waals surface area contributed by atoms with Crippen molar-refractivity contribution < 1.29 is 159 Å². The molecule has 6 saturated heterocycles. The lowest BCUT2D eigenvalue weighted by molar-refractivity contribution is -0.314. The third kappa shape index (κ3) is 23.5. The molecule has 10 aliphatic rings. The summed E-state index contributed by atoms with van der Waals surface area (Å²) < 4.78 is 179. The number of aliphatic carboxylic acids is 1. The Hall–Kier alpha value is -6.62. The molecular weight excluding hydrogens is 1340 g/mol. The summed E-state index contributed by atoms with van der Waals surface area (Å²) in [6, 6.07) is 0. The average molecular weight is 1430 g/mol. The molecule has 11 atom stereocenters. The highest BCUT2D eigenvalue weighted by Gasteiger charge is 2.67. The van der Waals surface area contributed by atoms with Crippen LogP contribution in [0.4, 0.5) is 39.5 Å². The molecule has 98 heavy (non-hydrogen) atoms. The van der Waals surface area contributed by atoms with E-state index in [-0.39, 0.29) is 135 Å². The van der Waals surface area contributed by atoms with Gasteiger partial charge < -0.3 is 66.7 Å². The molecule has 25 nitrogen and oxygen atoms in total. The van der Waals surface area contributed by atoms with Gasteiger partial charge in [-0.3, -0.25) is 33.6 Å². The van der Waals surface area contributed by atoms with Crippen LogP contribution in [-0.2, 0) is 114 Å². The van der Waals surface area contributed by atoms with Crippen molar-refractivity contribution in [2.75, 3.05) is 6.61 Å². The second-order valence-corrected chi connectivity index (χ2v) is 24.0. The van der Waals surface area contributed by atoms with Crippen LogP contribution in [0.25, 0.3) is 0 Å². The van der Waals surface area contributed by atoms with Crippen molar-refractivity contribution in [3.05, 3.63) is 24.3 Å². The average Bonchev–Trinajstić information content (AvgIpc) is 1.58. The maximum Gasteiger partial charge on any atom is 0.434 e. The molecule has 10 rings (SSSR count). The van der Waals surface area contributed by atoms with Crippen LogP contribution in [0.5, 0.6) is 0 Å². The first-order valence-corrected chi connectivity index (χ1v) is 29.9. The van der Waals surface area contributed by atoms with E-state index < -0.39 is 157 Å². The molecule has 0 aromatic carbocycles. The number of alkyl halides is 9. The number of ether oxygens (including phenoxy) is 13. The number of ketones is 3. The molecule has 6 aliphatic heterocycles. The first-order chi connectivity index (χ1) is 43.1. The van der Waals surface area contributed by atoms with E-state index >= 15 is 0 Å². The Morgan fingerprint density at radius 1 is 0.510 bits per heavy atom. The number of esters is 7. The third-order valence-corrected chi connectivity index (χ3v) is 16.2. The largest absolute Gasteiger partial charge is 0.481 e. The Labute approximate surface area is 562 Å². The second-order valence-electron chi connectivity index (χ2n) is 24.0. The molecule has 0 bridgehead atoms. The standard InChI is InChI=1S/C20H23F3O9.C13H16O7.C10H10F6O3.C9H14O3.C7H10O3.5CH4/c1-8(2)15(24)29-13-11-12(28-17(13)26)14-18(30-11)32-19(31-14)6-4-10(5-7-19)16(25)27-9(3)20(21,22)23;1-5(2)10(14)17-8-6-7(16-11(8)15)9-12(18-6)20-13(3,4)19-9;11-9(12,13)8(10(14,15)16)19-7(18)5-1-3-6(17)4-2-5;1-2-12-9(11)7-3-5-8(10)6-4-7;8-6-3-1-5(2-4-6)7(9)10;;;;;/h9-14,18H,1,4-7H2,2-3H3;6-9,12H,1H2,2-4H3;5,8H,1-4H2;7H,2-6H2,1H3;5H,1-4H2,(H,9,10);5*1H4/t9?,10?,11-,12-,13-,14+,18+,19?;6-,7-,8-,9+,12+;;;;;;;;/m00......../s1. The lowest BCUT2D eigenvalue weighted by Crippen LogP contribution is -2.46. The summed E-state index contributed by atoms with van der Waals surface area (Å²) in [6.07, 6.45) is -25.5. The van der Waals surface area contributed by atoms with Gasteiger partial charge in [-0.05, 0) is 92.9 Å². The van der Waals surface area contributed by atoms with Crippen molar-refractivity contribution in [3.63, 3.8) is 0 Å². The second kappa shape index (κ2) is 36.6. The number of hydrogen-bond donors (Lipinski definition) is 1. The summed E-state index contributed by atoms with van der Waals surface area (Å²) in [5.41, 5.74) is 0.318. The van der Waals surface area contributed by atoms with Crippen molar-refractivity contribution in [2.24, 2.45) is 23.7 Å². The van der Waals surface area contributed by atoms with Gasteiger partial charge in [0, 0.05) is 62.5 Å². The Balaban J connectivity index is 0.000000640. The summed E-state index contributed by atoms with van der Waals surface area (Å²) in [5.74, 6) is -9.86. The van der Waals surface area contributed by atoms with Crippen LogP contribution in [0.3, 0.4) is 0 Å². The maximum absolute atomic E-state index is 12.6. The monoisotopic (exact) mass is 1430 g/mol. The van der Waals surface area contributed by atoms with E-state index in [0.717, 1.165) is 6.92 Å². The zero-order valence-corrected chi connectivity index (χ0v) is 51.3. The SMILES string of the molecule is C.C.C.C.C.C=C(C)C(=O)O[C@@H]1C(=O)O[C@@H]2[C@H]3OC(C)(C)O[C@H]3O[C@@H]21.C=C(C)C(=O)O[C@@H]1C(=O)O[C@@H]2[C@H]3OC4(CCC(C(=O)OC(C)C(F)(F)F)CC4)O[C@H]3O[C@@H]21.CCOC(=O)C1CCC(=O)CC1.O=C1CCC(C(=O)O)CC1.O=C1CCC(C(=O)OC(C(F)(F)F)C(F)(F)F)CC1. The summed E-state index contributed by atoms with van der Waals surface area (Å²) in [6.45, 7) is 16.4. The summed E-state index contributed by atoms with van der Waals surface area (Å²) in [7, 11) is 0. The van der Waals surface area contributed by atoms with Gasteiger partial charge in [0.1, 0.15) is 29.6 Å². The number of rotatable bonds is 11. The lowest BCUT2D eigenvalue weighted by Gasteiger charge is -2.36. The minimum absolute atomic E-state index is 0. The van der Waals surface area contributed by atoms with Crippen LogP contribution in [0.2, 0.25) is 0 Å². The van der Waals surface area contributed by atoms with Crippen LogP contribution in [0, 0.1) is 23.7 Å². The van der Waals surface area contributed by atoms with Crippen LogP contribution >= 0.6 is 0 Å². The Morgan fingerprint density at radius 3 is 1.23 bits per heavy atom. The molecular formula is C64H93F9O25. The van der Waals surface area contributed by atoms with E-state index in [1.165, 1.54) is 13.8 Å². The van der Waals surface area contributed by atoms with E-state index in [2.05, 4.69) is 22.6 Å². The highest BCUT2D eigenvalue weighted by atomic mass is 19.4. The van der Waals surface area contributed by atoms with E-state index in [1.54, 1.807) is 20.8 Å². The zero-order valence-electron chi connectivity index (χ0n) is 51.3. The fraction of sp³-hybridized carbons (Fsp3) is 0.766. The van der Waals surface area contributed by atoms with Crippen LogP contribution in [-0.4, -0.2) is 181 Å². The fourth-order valence-corrected chi connectivity index (χ4v) is 11.1.